The number of nitrogens with zero attached hydrogens (tertiary/aromatic N) is 4. The quantitative estimate of drug-likeness (QED) is 0.846. The fourth-order valence-electron chi connectivity index (χ4n) is 3.01. The maximum atomic E-state index is 12.1. The lowest BCUT2D eigenvalue weighted by atomic mass is 10.1. The summed E-state index contributed by atoms with van der Waals surface area (Å²) in [6, 6.07) is 2.07. The molecule has 0 spiro atoms. The van der Waals surface area contributed by atoms with Crippen LogP contribution in [0.25, 0.3) is 0 Å². The molecule has 6 heteroatoms. The Bertz CT molecular complexity index is 713. The molecule has 1 amide bonds. The molecule has 0 aliphatic heterocycles. The minimum absolute atomic E-state index is 0.0953. The molecule has 24 heavy (non-hydrogen) atoms. The standard InChI is InChI=1S/C18H29N5O/c1-12(11-23-14(3)9-13(2)20-23)10-19-18(24)8-7-17-15(4)21-22(6)16(17)5/h9,12H,7-8,10-11H2,1-6H3,(H,19,24)/t12-/m0/s1. The van der Waals surface area contributed by atoms with Gasteiger partial charge in [0, 0.05) is 37.9 Å². The average molecular weight is 331 g/mol. The lowest BCUT2D eigenvalue weighted by Crippen LogP contribution is -2.30. The summed E-state index contributed by atoms with van der Waals surface area (Å²) in [5.74, 6) is 0.437. The van der Waals surface area contributed by atoms with Crippen molar-refractivity contribution in [2.45, 2.75) is 54.0 Å². The molecular formula is C18H29N5O. The first kappa shape index (κ1) is 18.2. The molecule has 0 saturated heterocycles. The summed E-state index contributed by atoms with van der Waals surface area (Å²) in [4.78, 5) is 12.1. The number of amides is 1. The van der Waals surface area contributed by atoms with E-state index in [1.807, 2.05) is 37.2 Å². The van der Waals surface area contributed by atoms with Gasteiger partial charge < -0.3 is 5.32 Å². The van der Waals surface area contributed by atoms with Crippen LogP contribution in [0.3, 0.4) is 0 Å². The van der Waals surface area contributed by atoms with Gasteiger partial charge in [-0.15, -0.1) is 0 Å². The summed E-state index contributed by atoms with van der Waals surface area (Å²) < 4.78 is 3.88. The van der Waals surface area contributed by atoms with Crippen molar-refractivity contribution in [1.29, 1.82) is 0 Å². The van der Waals surface area contributed by atoms with Crippen molar-refractivity contribution in [2.24, 2.45) is 13.0 Å². The fraction of sp³-hybridized carbons (Fsp3) is 0.611. The van der Waals surface area contributed by atoms with E-state index in [0.29, 0.717) is 18.9 Å². The van der Waals surface area contributed by atoms with Gasteiger partial charge in [-0.3, -0.25) is 14.2 Å². The van der Waals surface area contributed by atoms with Crippen LogP contribution in [0.4, 0.5) is 0 Å². The van der Waals surface area contributed by atoms with E-state index in [1.165, 1.54) is 5.56 Å². The highest BCUT2D eigenvalue weighted by Gasteiger charge is 2.12. The van der Waals surface area contributed by atoms with Gasteiger partial charge in [-0.05, 0) is 51.7 Å². The van der Waals surface area contributed by atoms with E-state index in [0.717, 1.165) is 35.7 Å². The number of carbonyl (C=O) groups excluding carboxylic acids is 1. The smallest absolute Gasteiger partial charge is 0.220 e. The second kappa shape index (κ2) is 7.64. The maximum absolute atomic E-state index is 12.1. The van der Waals surface area contributed by atoms with Gasteiger partial charge in [0.2, 0.25) is 5.91 Å². The van der Waals surface area contributed by atoms with Crippen LogP contribution in [-0.2, 0) is 24.8 Å². The highest BCUT2D eigenvalue weighted by molar-refractivity contribution is 5.76. The molecule has 0 bridgehead atoms. The predicted molar refractivity (Wildman–Crippen MR) is 94.9 cm³/mol. The zero-order valence-corrected chi connectivity index (χ0v) is 15.7. The fourth-order valence-corrected chi connectivity index (χ4v) is 3.01. The number of rotatable bonds is 7. The topological polar surface area (TPSA) is 64.7 Å². The Hall–Kier alpha value is -2.11. The van der Waals surface area contributed by atoms with E-state index in [2.05, 4.69) is 35.4 Å². The van der Waals surface area contributed by atoms with Gasteiger partial charge in [0.1, 0.15) is 0 Å². The SMILES string of the molecule is Cc1cc(C)n(C[C@@H](C)CNC(=O)CCc2c(C)nn(C)c2C)n1. The van der Waals surface area contributed by atoms with Crippen LogP contribution in [-0.4, -0.2) is 32.0 Å². The van der Waals surface area contributed by atoms with Crippen molar-refractivity contribution in [2.75, 3.05) is 6.54 Å². The normalized spacial score (nSPS) is 12.4. The van der Waals surface area contributed by atoms with Crippen LogP contribution in [0.15, 0.2) is 6.07 Å². The van der Waals surface area contributed by atoms with E-state index in [-0.39, 0.29) is 5.91 Å². The predicted octanol–water partition coefficient (Wildman–Crippen LogP) is 2.24. The summed E-state index contributed by atoms with van der Waals surface area (Å²) in [7, 11) is 1.94. The first-order valence-electron chi connectivity index (χ1n) is 8.54. The monoisotopic (exact) mass is 331 g/mol. The van der Waals surface area contributed by atoms with Gasteiger partial charge >= 0.3 is 0 Å². The lowest BCUT2D eigenvalue weighted by Gasteiger charge is -2.14. The number of aromatic nitrogens is 4. The van der Waals surface area contributed by atoms with Gasteiger partial charge in [0.25, 0.3) is 0 Å². The van der Waals surface area contributed by atoms with Gasteiger partial charge in [-0.25, -0.2) is 0 Å². The van der Waals surface area contributed by atoms with Crippen LogP contribution in [0.2, 0.25) is 0 Å². The maximum Gasteiger partial charge on any atom is 0.220 e. The molecule has 0 aliphatic carbocycles. The lowest BCUT2D eigenvalue weighted by molar-refractivity contribution is -0.121. The molecule has 0 aliphatic rings. The van der Waals surface area contributed by atoms with Crippen LogP contribution >= 0.6 is 0 Å². The molecule has 2 rings (SSSR count). The van der Waals surface area contributed by atoms with Crippen molar-refractivity contribution >= 4 is 5.91 Å². The minimum atomic E-state index is 0.0953. The molecule has 2 heterocycles. The molecule has 2 aromatic heterocycles. The molecule has 1 N–H and O–H groups in total. The molecule has 0 saturated carbocycles. The minimum Gasteiger partial charge on any atom is -0.356 e. The van der Waals surface area contributed by atoms with E-state index in [4.69, 9.17) is 0 Å². The molecule has 1 atom stereocenters. The summed E-state index contributed by atoms with van der Waals surface area (Å²) in [6.07, 6.45) is 1.24. The van der Waals surface area contributed by atoms with Crippen molar-refractivity contribution in [3.63, 3.8) is 0 Å². The van der Waals surface area contributed by atoms with E-state index in [9.17, 15) is 4.79 Å². The molecule has 132 valence electrons. The third-order valence-electron chi connectivity index (χ3n) is 4.50. The zero-order chi connectivity index (χ0) is 17.9. The van der Waals surface area contributed by atoms with Crippen molar-refractivity contribution in [3.05, 3.63) is 34.4 Å². The van der Waals surface area contributed by atoms with Gasteiger partial charge in [0.05, 0.1) is 11.4 Å². The Labute approximate surface area is 144 Å². The zero-order valence-electron chi connectivity index (χ0n) is 15.7. The molecular weight excluding hydrogens is 302 g/mol. The summed E-state index contributed by atoms with van der Waals surface area (Å²) in [5.41, 5.74) is 5.53. The number of hydrogen-bond donors (Lipinski definition) is 1. The van der Waals surface area contributed by atoms with Crippen LogP contribution in [0, 0.1) is 33.6 Å². The van der Waals surface area contributed by atoms with Crippen molar-refractivity contribution in [1.82, 2.24) is 24.9 Å². The second-order valence-electron chi connectivity index (χ2n) is 6.79. The molecule has 0 unspecified atom stereocenters. The highest BCUT2D eigenvalue weighted by Crippen LogP contribution is 2.14. The number of nitrogens with one attached hydrogen (secondary N) is 1. The Balaban J connectivity index is 1.77. The van der Waals surface area contributed by atoms with E-state index < -0.39 is 0 Å². The Morgan fingerprint density at radius 2 is 1.96 bits per heavy atom. The molecule has 0 fully saturated rings. The molecule has 2 aromatic rings. The van der Waals surface area contributed by atoms with Crippen LogP contribution in [0.5, 0.6) is 0 Å². The first-order chi connectivity index (χ1) is 11.3. The van der Waals surface area contributed by atoms with Crippen LogP contribution < -0.4 is 5.32 Å². The molecule has 0 radical (unpaired) electrons. The van der Waals surface area contributed by atoms with Crippen LogP contribution in [0.1, 0.15) is 41.7 Å². The molecule has 6 nitrogen and oxygen atoms in total. The summed E-state index contributed by atoms with van der Waals surface area (Å²) in [5, 5.41) is 11.9. The van der Waals surface area contributed by atoms with E-state index in [1.54, 1.807) is 0 Å². The van der Waals surface area contributed by atoms with Crippen molar-refractivity contribution < 1.29 is 4.79 Å². The summed E-state index contributed by atoms with van der Waals surface area (Å²) in [6.45, 7) is 11.7. The third kappa shape index (κ3) is 4.46. The third-order valence-corrected chi connectivity index (χ3v) is 4.50. The molecule has 0 aromatic carbocycles. The summed E-state index contributed by atoms with van der Waals surface area (Å²) >= 11 is 0. The Morgan fingerprint density at radius 1 is 1.25 bits per heavy atom. The highest BCUT2D eigenvalue weighted by atomic mass is 16.1. The number of aryl methyl sites for hydroxylation is 4. The van der Waals surface area contributed by atoms with Gasteiger partial charge in [-0.2, -0.15) is 10.2 Å². The second-order valence-corrected chi connectivity index (χ2v) is 6.79. The van der Waals surface area contributed by atoms with Crippen molar-refractivity contribution in [3.8, 4) is 0 Å². The number of carbonyl (C=O) groups is 1. The Morgan fingerprint density at radius 3 is 2.50 bits per heavy atom. The number of hydrogen-bond acceptors (Lipinski definition) is 3. The van der Waals surface area contributed by atoms with E-state index >= 15 is 0 Å². The largest absolute Gasteiger partial charge is 0.356 e. The Kier molecular flexibility index (Phi) is 5.80. The average Bonchev–Trinajstić information content (AvgIpc) is 2.94. The van der Waals surface area contributed by atoms with Gasteiger partial charge in [-0.1, -0.05) is 6.92 Å². The van der Waals surface area contributed by atoms with Gasteiger partial charge in [0.15, 0.2) is 0 Å². The first-order valence-corrected chi connectivity index (χ1v) is 8.54.